The molecule has 1 amide bonds. The highest BCUT2D eigenvalue weighted by Crippen LogP contribution is 2.36. The number of benzene rings is 2. The molecule has 1 aliphatic rings. The zero-order valence-corrected chi connectivity index (χ0v) is 23.5. The number of nitrogens with zero attached hydrogens (tertiary/aromatic N) is 4. The number of halogens is 3. The fraction of sp³-hybridized carbons (Fsp3) is 0.357. The molecular weight excluding hydrogens is 557 g/mol. The van der Waals surface area contributed by atoms with Gasteiger partial charge in [-0.2, -0.15) is 18.2 Å². The summed E-state index contributed by atoms with van der Waals surface area (Å²) in [5.74, 6) is 0.582. The van der Waals surface area contributed by atoms with Crippen molar-refractivity contribution in [2.75, 3.05) is 36.9 Å². The number of aromatic nitrogens is 3. The number of para-hydroxylation sites is 1. The molecule has 0 spiro atoms. The molecular formula is C28H29F3N6O3S. The third-order valence-electron chi connectivity index (χ3n) is 6.48. The molecule has 2 N–H and O–H groups in total. The molecule has 3 heterocycles. The summed E-state index contributed by atoms with van der Waals surface area (Å²) < 4.78 is 52.3. The molecule has 1 unspecified atom stereocenters. The molecule has 41 heavy (non-hydrogen) atoms. The van der Waals surface area contributed by atoms with Crippen molar-refractivity contribution in [3.8, 4) is 22.9 Å². The van der Waals surface area contributed by atoms with E-state index in [1.54, 1.807) is 18.2 Å². The van der Waals surface area contributed by atoms with Crippen LogP contribution in [0.25, 0.3) is 21.5 Å². The molecule has 0 aliphatic carbocycles. The van der Waals surface area contributed by atoms with E-state index in [1.807, 2.05) is 6.07 Å². The first kappa shape index (κ1) is 28.7. The second-order valence-electron chi connectivity index (χ2n) is 9.86. The number of hydrogen-bond donors (Lipinski definition) is 2. The molecule has 0 radical (unpaired) electrons. The van der Waals surface area contributed by atoms with Gasteiger partial charge in [-0.15, -0.1) is 0 Å². The van der Waals surface area contributed by atoms with Gasteiger partial charge in [0.2, 0.25) is 17.7 Å². The summed E-state index contributed by atoms with van der Waals surface area (Å²) in [6, 6.07) is 12.1. The monoisotopic (exact) mass is 586 g/mol. The molecule has 216 valence electrons. The number of fused-ring (bicyclic) bond motifs is 1. The molecule has 9 nitrogen and oxygen atoms in total. The summed E-state index contributed by atoms with van der Waals surface area (Å²) in [4.78, 5) is 27.4. The number of ether oxygens (including phenoxy) is 2. The molecule has 5 rings (SSSR count). The van der Waals surface area contributed by atoms with Crippen molar-refractivity contribution in [2.45, 2.75) is 39.1 Å². The van der Waals surface area contributed by atoms with Crippen molar-refractivity contribution in [1.29, 1.82) is 0 Å². The quantitative estimate of drug-likeness (QED) is 0.258. The summed E-state index contributed by atoms with van der Waals surface area (Å²) in [6.07, 6.45) is -4.54. The van der Waals surface area contributed by atoms with Crippen molar-refractivity contribution >= 4 is 38.5 Å². The number of nitrogens with one attached hydrogen (secondary N) is 2. The van der Waals surface area contributed by atoms with Gasteiger partial charge in [-0.1, -0.05) is 29.5 Å². The van der Waals surface area contributed by atoms with E-state index in [9.17, 15) is 18.0 Å². The van der Waals surface area contributed by atoms with Crippen molar-refractivity contribution in [3.63, 3.8) is 0 Å². The Morgan fingerprint density at radius 1 is 1.17 bits per heavy atom. The van der Waals surface area contributed by atoms with Gasteiger partial charge in [-0.3, -0.25) is 9.69 Å². The Morgan fingerprint density at radius 3 is 2.66 bits per heavy atom. The lowest BCUT2D eigenvalue weighted by molar-refractivity contribution is -0.137. The van der Waals surface area contributed by atoms with E-state index in [4.69, 9.17) is 9.47 Å². The van der Waals surface area contributed by atoms with Crippen LogP contribution in [-0.2, 0) is 15.7 Å². The molecule has 2 aromatic carbocycles. The molecule has 0 bridgehead atoms. The molecule has 1 fully saturated rings. The Labute approximate surface area is 238 Å². The minimum atomic E-state index is -4.45. The number of thiazole rings is 1. The third-order valence-corrected chi connectivity index (χ3v) is 7.41. The van der Waals surface area contributed by atoms with E-state index in [0.29, 0.717) is 46.8 Å². The first-order valence-electron chi connectivity index (χ1n) is 13.1. The Bertz CT molecular complexity index is 1530. The van der Waals surface area contributed by atoms with Gasteiger partial charge in [-0.25, -0.2) is 9.97 Å². The summed E-state index contributed by atoms with van der Waals surface area (Å²) in [5.41, 5.74) is 0.631. The maximum absolute atomic E-state index is 13.1. The molecule has 1 atom stereocenters. The predicted molar refractivity (Wildman–Crippen MR) is 151 cm³/mol. The molecule has 0 saturated carbocycles. The Hall–Kier alpha value is -3.81. The van der Waals surface area contributed by atoms with Crippen LogP contribution in [0.1, 0.15) is 26.3 Å². The van der Waals surface area contributed by atoms with Crippen LogP contribution < -0.4 is 15.4 Å². The highest BCUT2D eigenvalue weighted by atomic mass is 32.1. The predicted octanol–water partition coefficient (Wildman–Crippen LogP) is 6.04. The maximum Gasteiger partial charge on any atom is 0.416 e. The topological polar surface area (TPSA) is 102 Å². The highest BCUT2D eigenvalue weighted by Gasteiger charge is 2.30. The smallest absolute Gasteiger partial charge is 0.416 e. The van der Waals surface area contributed by atoms with Crippen LogP contribution in [0, 0.1) is 0 Å². The van der Waals surface area contributed by atoms with Gasteiger partial charge >= 0.3 is 6.18 Å². The van der Waals surface area contributed by atoms with E-state index < -0.39 is 11.7 Å². The molecule has 2 aromatic heterocycles. The van der Waals surface area contributed by atoms with Gasteiger partial charge in [0, 0.05) is 44.2 Å². The van der Waals surface area contributed by atoms with Gasteiger partial charge in [0.25, 0.3) is 0 Å². The van der Waals surface area contributed by atoms with Crippen molar-refractivity contribution in [3.05, 3.63) is 54.1 Å². The van der Waals surface area contributed by atoms with Gasteiger partial charge in [-0.05, 0) is 38.1 Å². The molecule has 4 aromatic rings. The lowest BCUT2D eigenvalue weighted by Crippen LogP contribution is -2.48. The number of carbonyl (C=O) groups is 1. The van der Waals surface area contributed by atoms with Crippen molar-refractivity contribution < 1.29 is 27.4 Å². The SMILES string of the molecule is CC(=O)Nc1nc2c(Oc3cc(-c4ccc(C(F)(F)F)cc4)nc(NCC4CN(C(C)C)CCO4)n3)cccc2s1. The second-order valence-corrected chi connectivity index (χ2v) is 10.9. The number of carbonyl (C=O) groups excluding carboxylic acids is 1. The highest BCUT2D eigenvalue weighted by molar-refractivity contribution is 7.22. The summed E-state index contributed by atoms with van der Waals surface area (Å²) in [6.45, 7) is 8.33. The summed E-state index contributed by atoms with van der Waals surface area (Å²) >= 11 is 1.30. The Morgan fingerprint density at radius 2 is 1.95 bits per heavy atom. The maximum atomic E-state index is 13.1. The van der Waals surface area contributed by atoms with Crippen LogP contribution in [0.15, 0.2) is 48.5 Å². The Balaban J connectivity index is 1.45. The number of amides is 1. The van der Waals surface area contributed by atoms with Crippen LogP contribution >= 0.6 is 11.3 Å². The lowest BCUT2D eigenvalue weighted by atomic mass is 10.1. The van der Waals surface area contributed by atoms with Crippen molar-refractivity contribution in [1.82, 2.24) is 19.9 Å². The average Bonchev–Trinajstić information content (AvgIpc) is 3.34. The number of hydrogen-bond acceptors (Lipinski definition) is 9. The normalized spacial score (nSPS) is 16.2. The van der Waals surface area contributed by atoms with Crippen LogP contribution in [0.4, 0.5) is 24.3 Å². The summed E-state index contributed by atoms with van der Waals surface area (Å²) in [5, 5.41) is 6.33. The largest absolute Gasteiger partial charge is 0.437 e. The molecule has 13 heteroatoms. The fourth-order valence-corrected chi connectivity index (χ4v) is 5.33. The molecule has 1 aliphatic heterocycles. The number of rotatable bonds is 8. The van der Waals surface area contributed by atoms with E-state index in [-0.39, 0.29) is 23.8 Å². The minimum absolute atomic E-state index is 0.0928. The fourth-order valence-electron chi connectivity index (χ4n) is 4.40. The Kier molecular flexibility index (Phi) is 8.38. The van der Waals surface area contributed by atoms with Gasteiger partial charge in [0.05, 0.1) is 28.7 Å². The first-order chi connectivity index (χ1) is 19.5. The van der Waals surface area contributed by atoms with E-state index in [2.05, 4.69) is 44.3 Å². The summed E-state index contributed by atoms with van der Waals surface area (Å²) in [7, 11) is 0. The lowest BCUT2D eigenvalue weighted by Gasteiger charge is -2.35. The molecule has 1 saturated heterocycles. The van der Waals surface area contributed by atoms with Crippen LogP contribution in [0.3, 0.4) is 0 Å². The number of anilines is 2. The van der Waals surface area contributed by atoms with Gasteiger partial charge < -0.3 is 20.1 Å². The van der Waals surface area contributed by atoms with Gasteiger partial charge in [0.15, 0.2) is 10.9 Å². The first-order valence-corrected chi connectivity index (χ1v) is 13.9. The van der Waals surface area contributed by atoms with Crippen LogP contribution in [0.5, 0.6) is 11.6 Å². The minimum Gasteiger partial charge on any atom is -0.437 e. The zero-order valence-electron chi connectivity index (χ0n) is 22.7. The van der Waals surface area contributed by atoms with E-state index >= 15 is 0 Å². The van der Waals surface area contributed by atoms with E-state index in [1.165, 1.54) is 30.4 Å². The van der Waals surface area contributed by atoms with Crippen LogP contribution in [0.2, 0.25) is 0 Å². The number of alkyl halides is 3. The second kappa shape index (κ2) is 12.0. The third kappa shape index (κ3) is 7.10. The van der Waals surface area contributed by atoms with Gasteiger partial charge in [0.1, 0.15) is 5.52 Å². The standard InChI is InChI=1S/C28H29F3N6O3S/c1-16(2)37-11-12-39-20(15-37)14-32-26-34-21(18-7-9-19(10-8-18)28(29,30)31)13-24(35-26)40-22-5-4-6-23-25(22)36-27(41-23)33-17(3)38/h4-10,13,16,20H,11-12,14-15H2,1-3H3,(H,32,34,35)(H,33,36,38). The van der Waals surface area contributed by atoms with Crippen molar-refractivity contribution in [2.24, 2.45) is 0 Å². The number of morpholine rings is 1. The average molecular weight is 587 g/mol. The zero-order chi connectivity index (χ0) is 29.1. The van der Waals surface area contributed by atoms with Crippen LogP contribution in [-0.4, -0.2) is 64.1 Å². The van der Waals surface area contributed by atoms with E-state index in [0.717, 1.165) is 29.9 Å².